The Bertz CT molecular complexity index is 566. The van der Waals surface area contributed by atoms with Crippen molar-refractivity contribution < 1.29 is 14.2 Å². The summed E-state index contributed by atoms with van der Waals surface area (Å²) in [7, 11) is 1.86. The molecule has 2 aromatic rings. The molecule has 0 amide bonds. The third kappa shape index (κ3) is 2.34. The standard InChI is InChI=1S/C11H14N4O3/c1-7(16)17-6-5-15(2)9-4-3-8(12)10-11(9)14-18-13-10/h3-4H,5-6,12H2,1-2H3. The number of hydrogen-bond acceptors (Lipinski definition) is 7. The highest BCUT2D eigenvalue weighted by Crippen LogP contribution is 2.27. The van der Waals surface area contributed by atoms with Crippen LogP contribution in [-0.4, -0.2) is 36.5 Å². The molecule has 0 saturated heterocycles. The first-order chi connectivity index (χ1) is 8.59. The van der Waals surface area contributed by atoms with Crippen molar-refractivity contribution in [1.29, 1.82) is 0 Å². The number of fused-ring (bicyclic) bond motifs is 1. The summed E-state index contributed by atoms with van der Waals surface area (Å²) in [5.41, 5.74) is 8.23. The first kappa shape index (κ1) is 12.2. The number of nitrogens with zero attached hydrogens (tertiary/aromatic N) is 3. The Hall–Kier alpha value is -2.31. The van der Waals surface area contributed by atoms with Crippen molar-refractivity contribution in [3.05, 3.63) is 12.1 Å². The Labute approximate surface area is 103 Å². The van der Waals surface area contributed by atoms with Crippen LogP contribution >= 0.6 is 0 Å². The summed E-state index contributed by atoms with van der Waals surface area (Å²) < 4.78 is 9.57. The van der Waals surface area contributed by atoms with Gasteiger partial charge in [0.05, 0.1) is 17.9 Å². The Balaban J connectivity index is 2.17. The molecule has 0 aliphatic heterocycles. The van der Waals surface area contributed by atoms with Crippen LogP contribution in [0.3, 0.4) is 0 Å². The van der Waals surface area contributed by atoms with E-state index >= 15 is 0 Å². The van der Waals surface area contributed by atoms with Gasteiger partial charge in [-0.2, -0.15) is 0 Å². The van der Waals surface area contributed by atoms with Crippen LogP contribution in [0.5, 0.6) is 0 Å². The van der Waals surface area contributed by atoms with Gasteiger partial charge in [-0.25, -0.2) is 4.63 Å². The number of nitrogen functional groups attached to an aromatic ring is 1. The zero-order chi connectivity index (χ0) is 13.1. The molecule has 96 valence electrons. The van der Waals surface area contributed by atoms with Crippen molar-refractivity contribution >= 4 is 28.4 Å². The van der Waals surface area contributed by atoms with E-state index in [-0.39, 0.29) is 5.97 Å². The van der Waals surface area contributed by atoms with Crippen LogP contribution in [0.1, 0.15) is 6.92 Å². The molecule has 0 unspecified atom stereocenters. The van der Waals surface area contributed by atoms with Gasteiger partial charge in [-0.3, -0.25) is 4.79 Å². The maximum absolute atomic E-state index is 10.7. The van der Waals surface area contributed by atoms with Crippen LogP contribution < -0.4 is 10.6 Å². The summed E-state index contributed by atoms with van der Waals surface area (Å²) >= 11 is 0. The van der Waals surface area contributed by atoms with Crippen LogP contribution in [0, 0.1) is 0 Å². The summed E-state index contributed by atoms with van der Waals surface area (Å²) in [6, 6.07) is 3.57. The molecule has 0 aliphatic rings. The van der Waals surface area contributed by atoms with Crippen molar-refractivity contribution in [3.63, 3.8) is 0 Å². The molecule has 7 heteroatoms. The number of benzene rings is 1. The molecule has 7 nitrogen and oxygen atoms in total. The molecular formula is C11H14N4O3. The molecule has 0 radical (unpaired) electrons. The Kier molecular flexibility index (Phi) is 3.31. The highest BCUT2D eigenvalue weighted by atomic mass is 16.6. The lowest BCUT2D eigenvalue weighted by Crippen LogP contribution is -2.23. The van der Waals surface area contributed by atoms with Gasteiger partial charge in [0.15, 0.2) is 11.0 Å². The Morgan fingerprint density at radius 2 is 2.17 bits per heavy atom. The highest BCUT2D eigenvalue weighted by Gasteiger charge is 2.13. The van der Waals surface area contributed by atoms with Gasteiger partial charge in [-0.05, 0) is 22.4 Å². The van der Waals surface area contributed by atoms with Crippen molar-refractivity contribution in [2.75, 3.05) is 30.8 Å². The molecule has 0 bridgehead atoms. The molecule has 0 aliphatic carbocycles. The number of aromatic nitrogens is 2. The average Bonchev–Trinajstić information content (AvgIpc) is 2.78. The monoisotopic (exact) mass is 250 g/mol. The van der Waals surface area contributed by atoms with Gasteiger partial charge in [-0.15, -0.1) is 0 Å². The van der Waals surface area contributed by atoms with Gasteiger partial charge in [0.1, 0.15) is 6.61 Å². The molecule has 2 N–H and O–H groups in total. The van der Waals surface area contributed by atoms with Gasteiger partial charge in [-0.1, -0.05) is 0 Å². The molecule has 0 saturated carbocycles. The van der Waals surface area contributed by atoms with Crippen LogP contribution in [0.2, 0.25) is 0 Å². The first-order valence-corrected chi connectivity index (χ1v) is 5.45. The van der Waals surface area contributed by atoms with Crippen LogP contribution in [0.25, 0.3) is 11.0 Å². The van der Waals surface area contributed by atoms with Crippen molar-refractivity contribution in [2.24, 2.45) is 0 Å². The van der Waals surface area contributed by atoms with E-state index in [9.17, 15) is 4.79 Å². The largest absolute Gasteiger partial charge is 0.464 e. The van der Waals surface area contributed by atoms with E-state index < -0.39 is 0 Å². The third-order valence-corrected chi connectivity index (χ3v) is 2.57. The highest BCUT2D eigenvalue weighted by molar-refractivity contribution is 5.95. The first-order valence-electron chi connectivity index (χ1n) is 5.45. The summed E-state index contributed by atoms with van der Waals surface area (Å²) in [6.07, 6.45) is 0. The molecule has 18 heavy (non-hydrogen) atoms. The third-order valence-electron chi connectivity index (χ3n) is 2.57. The summed E-state index contributed by atoms with van der Waals surface area (Å²) in [4.78, 5) is 12.6. The predicted molar refractivity (Wildman–Crippen MR) is 66.1 cm³/mol. The van der Waals surface area contributed by atoms with Crippen LogP contribution in [0.15, 0.2) is 16.8 Å². The fourth-order valence-corrected chi connectivity index (χ4v) is 1.63. The molecule has 0 spiro atoms. The topological polar surface area (TPSA) is 94.5 Å². The van der Waals surface area contributed by atoms with Gasteiger partial charge in [0.25, 0.3) is 0 Å². The zero-order valence-electron chi connectivity index (χ0n) is 10.2. The zero-order valence-corrected chi connectivity index (χ0v) is 10.2. The SMILES string of the molecule is CC(=O)OCCN(C)c1ccc(N)c2nonc12. The number of ether oxygens (including phenoxy) is 1. The van der Waals surface area contributed by atoms with Crippen molar-refractivity contribution in [2.45, 2.75) is 6.92 Å². The summed E-state index contributed by atoms with van der Waals surface area (Å²) in [6.45, 7) is 2.23. The van der Waals surface area contributed by atoms with Gasteiger partial charge in [0, 0.05) is 14.0 Å². The van der Waals surface area contributed by atoms with Crippen molar-refractivity contribution in [3.8, 4) is 0 Å². The second kappa shape index (κ2) is 4.91. The number of esters is 1. The van der Waals surface area contributed by atoms with E-state index in [2.05, 4.69) is 14.9 Å². The minimum atomic E-state index is -0.297. The molecule has 1 heterocycles. The summed E-state index contributed by atoms with van der Waals surface area (Å²) in [5.74, 6) is -0.297. The lowest BCUT2D eigenvalue weighted by molar-refractivity contribution is -0.140. The molecule has 1 aromatic heterocycles. The van der Waals surface area contributed by atoms with Crippen LogP contribution in [-0.2, 0) is 9.53 Å². The number of carbonyl (C=O) groups is 1. The van der Waals surface area contributed by atoms with E-state index in [1.165, 1.54) is 6.92 Å². The lowest BCUT2D eigenvalue weighted by atomic mass is 10.2. The average molecular weight is 250 g/mol. The maximum Gasteiger partial charge on any atom is 0.302 e. The Morgan fingerprint density at radius 1 is 1.44 bits per heavy atom. The second-order valence-corrected chi connectivity index (χ2v) is 3.90. The number of hydrogen-bond donors (Lipinski definition) is 1. The Morgan fingerprint density at radius 3 is 2.89 bits per heavy atom. The van der Waals surface area contributed by atoms with E-state index in [0.717, 1.165) is 5.69 Å². The molecular weight excluding hydrogens is 236 g/mol. The number of anilines is 2. The normalized spacial score (nSPS) is 10.6. The summed E-state index contributed by atoms with van der Waals surface area (Å²) in [5, 5.41) is 7.57. The fourth-order valence-electron chi connectivity index (χ4n) is 1.63. The van der Waals surface area contributed by atoms with Gasteiger partial charge < -0.3 is 15.4 Å². The minimum Gasteiger partial charge on any atom is -0.464 e. The van der Waals surface area contributed by atoms with E-state index in [1.807, 2.05) is 18.0 Å². The number of carbonyl (C=O) groups excluding carboxylic acids is 1. The van der Waals surface area contributed by atoms with Gasteiger partial charge in [0.2, 0.25) is 0 Å². The minimum absolute atomic E-state index is 0.297. The second-order valence-electron chi connectivity index (χ2n) is 3.90. The number of nitrogens with two attached hydrogens (primary N) is 1. The quantitative estimate of drug-likeness (QED) is 0.633. The number of rotatable bonds is 4. The predicted octanol–water partition coefficient (Wildman–Crippen LogP) is 0.804. The van der Waals surface area contributed by atoms with E-state index in [0.29, 0.717) is 29.9 Å². The molecule has 1 aromatic carbocycles. The van der Waals surface area contributed by atoms with Crippen molar-refractivity contribution in [1.82, 2.24) is 10.3 Å². The maximum atomic E-state index is 10.7. The lowest BCUT2D eigenvalue weighted by Gasteiger charge is -2.18. The van der Waals surface area contributed by atoms with Gasteiger partial charge >= 0.3 is 5.97 Å². The van der Waals surface area contributed by atoms with E-state index in [4.69, 9.17) is 10.5 Å². The van der Waals surface area contributed by atoms with Crippen LogP contribution in [0.4, 0.5) is 11.4 Å². The van der Waals surface area contributed by atoms with E-state index in [1.54, 1.807) is 6.07 Å². The number of likely N-dealkylation sites (N-methyl/N-ethyl adjacent to an activating group) is 1. The molecule has 0 atom stereocenters. The molecule has 0 fully saturated rings. The smallest absolute Gasteiger partial charge is 0.302 e. The molecule has 2 rings (SSSR count). The fraction of sp³-hybridized carbons (Fsp3) is 0.364.